The smallest absolute Gasteiger partial charge is 0.101 e. The van der Waals surface area contributed by atoms with Crippen molar-refractivity contribution in [3.05, 3.63) is 58.6 Å². The molecule has 1 aromatic rings. The maximum atomic E-state index is 9.02. The van der Waals surface area contributed by atoms with Crippen LogP contribution in [-0.2, 0) is 11.2 Å². The topological polar surface area (TPSA) is 36.3 Å². The molecule has 3 aliphatic rings. The maximum absolute atomic E-state index is 9.02. The Hall–Kier alpha value is -1.87. The first-order valence-corrected chi connectivity index (χ1v) is 11.8. The number of allylic oxidation sites excluding steroid dienone is 4. The third kappa shape index (κ3) is 4.27. The van der Waals surface area contributed by atoms with Crippen molar-refractivity contribution in [2.45, 2.75) is 66.2 Å². The quantitative estimate of drug-likeness (QED) is 0.596. The molecule has 2 unspecified atom stereocenters. The highest BCUT2D eigenvalue weighted by atomic mass is 16.5. The monoisotopic (exact) mass is 406 g/mol. The van der Waals surface area contributed by atoms with Crippen molar-refractivity contribution in [1.29, 1.82) is 5.41 Å². The van der Waals surface area contributed by atoms with E-state index < -0.39 is 0 Å². The molecule has 2 fully saturated rings. The fourth-order valence-electron chi connectivity index (χ4n) is 5.83. The number of nitrogens with one attached hydrogen (secondary N) is 1. The largest absolute Gasteiger partial charge is 0.467 e. The minimum Gasteiger partial charge on any atom is -0.467 e. The van der Waals surface area contributed by atoms with Gasteiger partial charge in [0, 0.05) is 23.6 Å². The predicted octanol–water partition coefficient (Wildman–Crippen LogP) is 6.37. The lowest BCUT2D eigenvalue weighted by Gasteiger charge is -2.37. The number of rotatable bonds is 6. The average molecular weight is 407 g/mol. The molecule has 2 heterocycles. The number of piperidine rings is 1. The number of nitrogens with zero attached hydrogens (tertiary/aromatic N) is 1. The summed E-state index contributed by atoms with van der Waals surface area (Å²) in [5.41, 5.74) is 4.90. The van der Waals surface area contributed by atoms with Gasteiger partial charge in [0.2, 0.25) is 0 Å². The molecule has 1 aliphatic carbocycles. The van der Waals surface area contributed by atoms with Crippen molar-refractivity contribution in [3.8, 4) is 0 Å². The molecule has 0 aromatic heterocycles. The molecule has 30 heavy (non-hydrogen) atoms. The molecule has 2 aliphatic heterocycles. The van der Waals surface area contributed by atoms with E-state index in [0.29, 0.717) is 0 Å². The van der Waals surface area contributed by atoms with Crippen LogP contribution in [0.3, 0.4) is 0 Å². The van der Waals surface area contributed by atoms with E-state index in [-0.39, 0.29) is 11.3 Å². The fraction of sp³-hybridized carbons (Fsp3) is 0.593. The number of benzene rings is 1. The van der Waals surface area contributed by atoms with Crippen LogP contribution in [0.15, 0.2) is 53.0 Å². The first-order valence-electron chi connectivity index (χ1n) is 11.8. The van der Waals surface area contributed by atoms with Gasteiger partial charge >= 0.3 is 0 Å². The van der Waals surface area contributed by atoms with Crippen LogP contribution < -0.4 is 0 Å². The van der Waals surface area contributed by atoms with Crippen LogP contribution in [0.1, 0.15) is 65.4 Å². The molecule has 162 valence electrons. The van der Waals surface area contributed by atoms with Crippen LogP contribution in [0.4, 0.5) is 0 Å². The fourth-order valence-corrected chi connectivity index (χ4v) is 5.83. The molecule has 1 saturated heterocycles. The average Bonchev–Trinajstić information content (AvgIpc) is 3.00. The second-order valence-corrected chi connectivity index (χ2v) is 10.1. The summed E-state index contributed by atoms with van der Waals surface area (Å²) in [6.07, 6.45) is 7.46. The summed E-state index contributed by atoms with van der Waals surface area (Å²) in [7, 11) is 0. The summed E-state index contributed by atoms with van der Waals surface area (Å²) in [5.74, 6) is 3.08. The standard InChI is InChI=1S/C27H38N2O/c1-19-20(2)30-21(3)24-17-27(4,26(28)25(19)24)18-29-15-13-23(14-16-29)12-8-11-22-9-6-5-7-10-22/h5-7,9-10,23,25,28H,8,11-18H2,1-4H3. The molecule has 1 aromatic carbocycles. The zero-order chi connectivity index (χ0) is 21.3. The van der Waals surface area contributed by atoms with Gasteiger partial charge in [0.1, 0.15) is 11.5 Å². The number of ether oxygens (including phenoxy) is 1. The van der Waals surface area contributed by atoms with Gasteiger partial charge in [-0.3, -0.25) is 0 Å². The van der Waals surface area contributed by atoms with Crippen LogP contribution in [0.2, 0.25) is 0 Å². The van der Waals surface area contributed by atoms with E-state index in [1.54, 1.807) is 0 Å². The van der Waals surface area contributed by atoms with Gasteiger partial charge in [-0.2, -0.15) is 0 Å². The maximum Gasteiger partial charge on any atom is 0.101 e. The summed E-state index contributed by atoms with van der Waals surface area (Å²) in [6.45, 7) is 12.0. The highest BCUT2D eigenvalue weighted by Gasteiger charge is 2.48. The number of fused-ring (bicyclic) bond motifs is 1. The number of likely N-dealkylation sites (tertiary alicyclic amines) is 1. The summed E-state index contributed by atoms with van der Waals surface area (Å²) in [6, 6.07) is 10.9. The molecule has 1 saturated carbocycles. The van der Waals surface area contributed by atoms with Crippen LogP contribution in [0, 0.1) is 22.7 Å². The molecule has 0 bridgehead atoms. The van der Waals surface area contributed by atoms with Crippen molar-refractivity contribution in [2.75, 3.05) is 19.6 Å². The van der Waals surface area contributed by atoms with Crippen molar-refractivity contribution in [3.63, 3.8) is 0 Å². The summed E-state index contributed by atoms with van der Waals surface area (Å²) in [4.78, 5) is 2.63. The van der Waals surface area contributed by atoms with Gasteiger partial charge in [-0.25, -0.2) is 0 Å². The van der Waals surface area contributed by atoms with Crippen molar-refractivity contribution >= 4 is 5.71 Å². The van der Waals surface area contributed by atoms with Gasteiger partial charge in [-0.05, 0) is 88.6 Å². The van der Waals surface area contributed by atoms with Gasteiger partial charge in [0.15, 0.2) is 0 Å². The lowest BCUT2D eigenvalue weighted by Crippen LogP contribution is -2.43. The Bertz CT molecular complexity index is 845. The Labute approximate surface area is 182 Å². The lowest BCUT2D eigenvalue weighted by molar-refractivity contribution is 0.145. The summed E-state index contributed by atoms with van der Waals surface area (Å²) < 4.78 is 5.98. The first-order chi connectivity index (χ1) is 14.4. The summed E-state index contributed by atoms with van der Waals surface area (Å²) >= 11 is 0. The van der Waals surface area contributed by atoms with Crippen molar-refractivity contribution in [1.82, 2.24) is 4.90 Å². The number of aryl methyl sites for hydroxylation is 1. The van der Waals surface area contributed by atoms with Crippen LogP contribution >= 0.6 is 0 Å². The Kier molecular flexibility index (Phi) is 6.20. The Morgan fingerprint density at radius 2 is 1.77 bits per heavy atom. The van der Waals surface area contributed by atoms with E-state index >= 15 is 0 Å². The molecule has 0 spiro atoms. The third-order valence-corrected chi connectivity index (χ3v) is 7.82. The zero-order valence-corrected chi connectivity index (χ0v) is 19.3. The number of hydrogen-bond donors (Lipinski definition) is 1. The number of hydrogen-bond acceptors (Lipinski definition) is 3. The van der Waals surface area contributed by atoms with Gasteiger partial charge in [0.05, 0.1) is 0 Å². The van der Waals surface area contributed by atoms with E-state index in [1.165, 1.54) is 61.9 Å². The van der Waals surface area contributed by atoms with Crippen molar-refractivity contribution < 1.29 is 4.74 Å². The highest BCUT2D eigenvalue weighted by molar-refractivity contribution is 5.97. The Morgan fingerprint density at radius 3 is 2.47 bits per heavy atom. The van der Waals surface area contributed by atoms with Gasteiger partial charge in [-0.1, -0.05) is 43.7 Å². The first kappa shape index (κ1) is 21.4. The highest BCUT2D eigenvalue weighted by Crippen LogP contribution is 2.50. The minimum absolute atomic E-state index is 0.0589. The second-order valence-electron chi connectivity index (χ2n) is 10.1. The van der Waals surface area contributed by atoms with E-state index in [4.69, 9.17) is 10.1 Å². The molecule has 3 heteroatoms. The summed E-state index contributed by atoms with van der Waals surface area (Å²) in [5, 5.41) is 9.02. The Balaban J connectivity index is 1.29. The third-order valence-electron chi connectivity index (χ3n) is 7.82. The van der Waals surface area contributed by atoms with E-state index in [9.17, 15) is 0 Å². The van der Waals surface area contributed by atoms with Crippen LogP contribution in [0.5, 0.6) is 0 Å². The van der Waals surface area contributed by atoms with E-state index in [2.05, 4.69) is 56.0 Å². The van der Waals surface area contributed by atoms with E-state index in [0.717, 1.165) is 36.1 Å². The molecule has 0 amide bonds. The van der Waals surface area contributed by atoms with Gasteiger partial charge in [-0.15, -0.1) is 0 Å². The molecule has 4 rings (SSSR count). The predicted molar refractivity (Wildman–Crippen MR) is 125 cm³/mol. The van der Waals surface area contributed by atoms with Gasteiger partial charge in [0.25, 0.3) is 0 Å². The second kappa shape index (κ2) is 8.70. The molecule has 2 atom stereocenters. The molecule has 1 N–H and O–H groups in total. The SMILES string of the molecule is CC1=C(C)C2C(=N)C(C)(CN3CCC(CCCc4ccccc4)CC3)CC2=C(C)O1. The molecular formula is C27H38N2O. The molecule has 0 radical (unpaired) electrons. The minimum atomic E-state index is -0.0589. The van der Waals surface area contributed by atoms with Crippen LogP contribution in [0.25, 0.3) is 0 Å². The van der Waals surface area contributed by atoms with Crippen LogP contribution in [-0.4, -0.2) is 30.2 Å². The van der Waals surface area contributed by atoms with E-state index in [1.807, 2.05) is 6.92 Å². The Morgan fingerprint density at radius 1 is 1.07 bits per heavy atom. The molecule has 3 nitrogen and oxygen atoms in total. The van der Waals surface area contributed by atoms with Crippen molar-refractivity contribution in [2.24, 2.45) is 17.3 Å². The van der Waals surface area contributed by atoms with Gasteiger partial charge < -0.3 is 15.0 Å². The molecular weight excluding hydrogens is 368 g/mol. The normalized spacial score (nSPS) is 28.1. The lowest BCUT2D eigenvalue weighted by atomic mass is 9.82. The zero-order valence-electron chi connectivity index (χ0n) is 19.3.